The van der Waals surface area contributed by atoms with Crippen LogP contribution in [0.3, 0.4) is 0 Å². The molecule has 1 saturated carbocycles. The van der Waals surface area contributed by atoms with Gasteiger partial charge >= 0.3 is 0 Å². The van der Waals surface area contributed by atoms with Crippen LogP contribution in [0.2, 0.25) is 0 Å². The van der Waals surface area contributed by atoms with Crippen LogP contribution in [0.4, 0.5) is 0 Å². The minimum Gasteiger partial charge on any atom is -0.276 e. The summed E-state index contributed by atoms with van der Waals surface area (Å²) in [7, 11) is 1.94. The molecule has 1 heterocycles. The smallest absolute Gasteiger partial charge is 0.0522 e. The summed E-state index contributed by atoms with van der Waals surface area (Å²) in [5, 5.41) is 4.13. The van der Waals surface area contributed by atoms with Crippen molar-refractivity contribution in [2.24, 2.45) is 18.8 Å². The maximum Gasteiger partial charge on any atom is 0.0522 e. The van der Waals surface area contributed by atoms with Gasteiger partial charge in [0.25, 0.3) is 0 Å². The van der Waals surface area contributed by atoms with Crippen LogP contribution >= 0.6 is 0 Å². The van der Waals surface area contributed by atoms with E-state index >= 15 is 0 Å². The molecule has 0 saturated heterocycles. The number of nitrogens with zero attached hydrogens (tertiary/aromatic N) is 2. The lowest BCUT2D eigenvalue weighted by atomic mass is 10.1. The van der Waals surface area contributed by atoms with Crippen molar-refractivity contribution in [1.82, 2.24) is 15.2 Å². The van der Waals surface area contributed by atoms with Crippen LogP contribution in [0.25, 0.3) is 0 Å². The lowest BCUT2D eigenvalue weighted by Gasteiger charge is -2.12. The SMILES string of the molecule is Cn1cc(CC(NN)C2CC2)cn1. The zero-order valence-electron chi connectivity index (χ0n) is 7.90. The van der Waals surface area contributed by atoms with Gasteiger partial charge in [-0.05, 0) is 30.7 Å². The van der Waals surface area contributed by atoms with E-state index in [0.717, 1.165) is 12.3 Å². The molecular formula is C9H16N4. The summed E-state index contributed by atoms with van der Waals surface area (Å²) in [5.74, 6) is 6.27. The second-order valence-corrected chi connectivity index (χ2v) is 3.84. The highest BCUT2D eigenvalue weighted by Crippen LogP contribution is 2.33. The molecule has 1 aromatic rings. The highest BCUT2D eigenvalue weighted by molar-refractivity contribution is 5.07. The molecule has 1 aliphatic rings. The van der Waals surface area contributed by atoms with Gasteiger partial charge < -0.3 is 0 Å². The van der Waals surface area contributed by atoms with Crippen LogP contribution in [0.1, 0.15) is 18.4 Å². The molecular weight excluding hydrogens is 164 g/mol. The van der Waals surface area contributed by atoms with Crippen LogP contribution in [0.5, 0.6) is 0 Å². The van der Waals surface area contributed by atoms with Crippen molar-refractivity contribution < 1.29 is 0 Å². The fourth-order valence-electron chi connectivity index (χ4n) is 1.69. The summed E-state index contributed by atoms with van der Waals surface area (Å²) < 4.78 is 1.83. The fraction of sp³-hybridized carbons (Fsp3) is 0.667. The van der Waals surface area contributed by atoms with Gasteiger partial charge in [-0.25, -0.2) is 0 Å². The van der Waals surface area contributed by atoms with Crippen LogP contribution in [-0.2, 0) is 13.5 Å². The Bertz CT molecular complexity index is 277. The van der Waals surface area contributed by atoms with E-state index < -0.39 is 0 Å². The highest BCUT2D eigenvalue weighted by atomic mass is 15.2. The molecule has 0 amide bonds. The second kappa shape index (κ2) is 3.47. The summed E-state index contributed by atoms with van der Waals surface area (Å²) in [6.45, 7) is 0. The lowest BCUT2D eigenvalue weighted by Crippen LogP contribution is -2.38. The zero-order valence-corrected chi connectivity index (χ0v) is 7.90. The molecule has 1 aliphatic carbocycles. The predicted molar refractivity (Wildman–Crippen MR) is 50.7 cm³/mol. The average Bonchev–Trinajstić information content (AvgIpc) is 2.87. The van der Waals surface area contributed by atoms with Crippen molar-refractivity contribution in [2.45, 2.75) is 25.3 Å². The molecule has 1 atom stereocenters. The molecule has 0 spiro atoms. The Morgan fingerprint density at radius 2 is 2.54 bits per heavy atom. The van der Waals surface area contributed by atoms with Gasteiger partial charge in [0.1, 0.15) is 0 Å². The van der Waals surface area contributed by atoms with Crippen LogP contribution < -0.4 is 11.3 Å². The number of rotatable bonds is 4. The highest BCUT2D eigenvalue weighted by Gasteiger charge is 2.30. The minimum absolute atomic E-state index is 0.434. The quantitative estimate of drug-likeness (QED) is 0.514. The fourth-order valence-corrected chi connectivity index (χ4v) is 1.69. The summed E-state index contributed by atoms with van der Waals surface area (Å²) in [6.07, 6.45) is 7.58. The Hall–Kier alpha value is -0.870. The third-order valence-electron chi connectivity index (χ3n) is 2.62. The van der Waals surface area contributed by atoms with Crippen molar-refractivity contribution >= 4 is 0 Å². The molecule has 72 valence electrons. The van der Waals surface area contributed by atoms with E-state index in [2.05, 4.69) is 10.5 Å². The molecule has 0 radical (unpaired) electrons. The largest absolute Gasteiger partial charge is 0.276 e. The molecule has 13 heavy (non-hydrogen) atoms. The molecule has 1 unspecified atom stereocenters. The van der Waals surface area contributed by atoms with Gasteiger partial charge in [0.05, 0.1) is 6.20 Å². The Morgan fingerprint density at radius 3 is 3.00 bits per heavy atom. The number of nitrogens with one attached hydrogen (secondary N) is 1. The Labute approximate surface area is 78.1 Å². The first-order chi connectivity index (χ1) is 6.29. The molecule has 2 rings (SSSR count). The lowest BCUT2D eigenvalue weighted by molar-refractivity contribution is 0.472. The Balaban J connectivity index is 1.95. The molecule has 1 aromatic heterocycles. The number of hydrogen-bond donors (Lipinski definition) is 2. The number of nitrogens with two attached hydrogens (primary N) is 1. The second-order valence-electron chi connectivity index (χ2n) is 3.84. The molecule has 1 fully saturated rings. The normalized spacial score (nSPS) is 18.9. The van der Waals surface area contributed by atoms with Crippen molar-refractivity contribution in [2.75, 3.05) is 0 Å². The van der Waals surface area contributed by atoms with Gasteiger partial charge in [-0.3, -0.25) is 16.0 Å². The van der Waals surface area contributed by atoms with E-state index in [4.69, 9.17) is 5.84 Å². The van der Waals surface area contributed by atoms with Crippen molar-refractivity contribution in [3.05, 3.63) is 18.0 Å². The van der Waals surface area contributed by atoms with Gasteiger partial charge in [-0.15, -0.1) is 0 Å². The number of aromatic nitrogens is 2. The maximum atomic E-state index is 5.49. The maximum absolute atomic E-state index is 5.49. The van der Waals surface area contributed by atoms with Crippen molar-refractivity contribution in [1.29, 1.82) is 0 Å². The third-order valence-corrected chi connectivity index (χ3v) is 2.62. The van der Waals surface area contributed by atoms with E-state index in [0.29, 0.717) is 6.04 Å². The monoisotopic (exact) mass is 180 g/mol. The van der Waals surface area contributed by atoms with Gasteiger partial charge in [0, 0.05) is 19.3 Å². The van der Waals surface area contributed by atoms with Crippen LogP contribution in [-0.4, -0.2) is 15.8 Å². The first-order valence-corrected chi connectivity index (χ1v) is 4.73. The molecule has 0 bridgehead atoms. The minimum atomic E-state index is 0.434. The zero-order chi connectivity index (χ0) is 9.26. The summed E-state index contributed by atoms with van der Waals surface area (Å²) >= 11 is 0. The summed E-state index contributed by atoms with van der Waals surface area (Å²) in [4.78, 5) is 0. The van der Waals surface area contributed by atoms with E-state index in [1.54, 1.807) is 0 Å². The van der Waals surface area contributed by atoms with Gasteiger partial charge in [-0.2, -0.15) is 5.10 Å². The van der Waals surface area contributed by atoms with Gasteiger partial charge in [-0.1, -0.05) is 0 Å². The topological polar surface area (TPSA) is 55.9 Å². The molecule has 0 aliphatic heterocycles. The number of aryl methyl sites for hydroxylation is 1. The van der Waals surface area contributed by atoms with E-state index in [1.807, 2.05) is 24.1 Å². The standard InChI is InChI=1S/C9H16N4/c1-13-6-7(5-11-13)4-9(12-10)8-2-3-8/h5-6,8-9,12H,2-4,10H2,1H3. The van der Waals surface area contributed by atoms with E-state index in [1.165, 1.54) is 18.4 Å². The van der Waals surface area contributed by atoms with Crippen LogP contribution in [0, 0.1) is 5.92 Å². The van der Waals surface area contributed by atoms with Gasteiger partial charge in [0.15, 0.2) is 0 Å². The van der Waals surface area contributed by atoms with Crippen molar-refractivity contribution in [3.8, 4) is 0 Å². The van der Waals surface area contributed by atoms with Crippen molar-refractivity contribution in [3.63, 3.8) is 0 Å². The first-order valence-electron chi connectivity index (χ1n) is 4.73. The Morgan fingerprint density at radius 1 is 1.77 bits per heavy atom. The number of hydrogen-bond acceptors (Lipinski definition) is 3. The number of hydrazine groups is 1. The summed E-state index contributed by atoms with van der Waals surface area (Å²) in [5.41, 5.74) is 4.15. The third kappa shape index (κ3) is 2.08. The van der Waals surface area contributed by atoms with Gasteiger partial charge in [0.2, 0.25) is 0 Å². The van der Waals surface area contributed by atoms with E-state index in [9.17, 15) is 0 Å². The average molecular weight is 180 g/mol. The van der Waals surface area contributed by atoms with Crippen LogP contribution in [0.15, 0.2) is 12.4 Å². The Kier molecular flexibility index (Phi) is 2.33. The van der Waals surface area contributed by atoms with E-state index in [-0.39, 0.29) is 0 Å². The molecule has 0 aromatic carbocycles. The molecule has 4 nitrogen and oxygen atoms in total. The molecule has 3 N–H and O–H groups in total. The first kappa shape index (κ1) is 8.72. The summed E-state index contributed by atoms with van der Waals surface area (Å²) in [6, 6.07) is 0.434. The predicted octanol–water partition coefficient (Wildman–Crippen LogP) is 0.204. The molecule has 4 heteroatoms.